The molecule has 2 rings (SSSR count). The Bertz CT molecular complexity index is 484. The van der Waals surface area contributed by atoms with Gasteiger partial charge in [0.15, 0.2) is 5.78 Å². The fraction of sp³-hybridized carbons (Fsp3) is 0.667. The topological polar surface area (TPSA) is 30.0 Å². The minimum Gasteiger partial charge on any atom is -0.294 e. The Labute approximate surface area is 127 Å². The van der Waals surface area contributed by atoms with Gasteiger partial charge in [-0.2, -0.15) is 4.39 Å². The number of ketones is 1. The van der Waals surface area contributed by atoms with E-state index in [1.165, 1.54) is 37.9 Å². The van der Waals surface area contributed by atoms with Crippen molar-refractivity contribution in [2.45, 2.75) is 59.3 Å². The van der Waals surface area contributed by atoms with Crippen molar-refractivity contribution < 1.29 is 9.18 Å². The molecule has 0 unspecified atom stereocenters. The van der Waals surface area contributed by atoms with E-state index in [0.717, 1.165) is 12.3 Å². The lowest BCUT2D eigenvalue weighted by molar-refractivity contribution is 0.0956. The molecule has 21 heavy (non-hydrogen) atoms. The van der Waals surface area contributed by atoms with Gasteiger partial charge in [0.2, 0.25) is 5.95 Å². The maximum Gasteiger partial charge on any atom is 0.213 e. The maximum atomic E-state index is 13.0. The van der Waals surface area contributed by atoms with Crippen LogP contribution in [0, 0.1) is 23.2 Å². The van der Waals surface area contributed by atoms with Crippen LogP contribution < -0.4 is 0 Å². The molecule has 116 valence electrons. The van der Waals surface area contributed by atoms with E-state index in [1.54, 1.807) is 6.07 Å². The third-order valence-corrected chi connectivity index (χ3v) is 4.90. The van der Waals surface area contributed by atoms with Crippen LogP contribution >= 0.6 is 0 Å². The fourth-order valence-electron chi connectivity index (χ4n) is 3.37. The van der Waals surface area contributed by atoms with Crippen molar-refractivity contribution in [1.82, 2.24) is 4.98 Å². The van der Waals surface area contributed by atoms with E-state index < -0.39 is 5.95 Å². The lowest BCUT2D eigenvalue weighted by atomic mass is 9.69. The Morgan fingerprint density at radius 2 is 1.95 bits per heavy atom. The van der Waals surface area contributed by atoms with Gasteiger partial charge in [-0.1, -0.05) is 33.6 Å². The molecule has 2 nitrogen and oxygen atoms in total. The molecule has 0 aliphatic heterocycles. The van der Waals surface area contributed by atoms with Crippen LogP contribution in [0.25, 0.3) is 0 Å². The molecule has 1 heterocycles. The fourth-order valence-corrected chi connectivity index (χ4v) is 3.37. The lowest BCUT2D eigenvalue weighted by Crippen LogP contribution is -2.26. The molecule has 3 heteroatoms. The summed E-state index contributed by atoms with van der Waals surface area (Å²) in [5.41, 5.74) is 0.848. The van der Waals surface area contributed by atoms with Gasteiger partial charge in [-0.25, -0.2) is 4.98 Å². The normalized spacial score (nSPS) is 23.0. The zero-order valence-electron chi connectivity index (χ0n) is 13.4. The van der Waals surface area contributed by atoms with Gasteiger partial charge >= 0.3 is 0 Å². The minimum absolute atomic E-state index is 0.0363. The van der Waals surface area contributed by atoms with E-state index in [4.69, 9.17) is 0 Å². The molecule has 0 radical (unpaired) electrons. The summed E-state index contributed by atoms with van der Waals surface area (Å²) in [5.74, 6) is 0.916. The second-order valence-corrected chi connectivity index (χ2v) is 7.41. The number of halogens is 1. The largest absolute Gasteiger partial charge is 0.294 e. The SMILES string of the molecule is CC(C)(C)C1CCC(CCC(=O)c2ccnc(F)c2)CC1. The standard InChI is InChI=1S/C18H26FNO/c1-18(2,3)15-7-4-13(5-8-15)6-9-16(21)14-10-11-20-17(19)12-14/h10-13,15H,4-9H2,1-3H3. The molecule has 0 saturated heterocycles. The number of aromatic nitrogens is 1. The number of hydrogen-bond donors (Lipinski definition) is 0. The van der Waals surface area contributed by atoms with Crippen molar-refractivity contribution in [3.63, 3.8) is 0 Å². The first-order valence-electron chi connectivity index (χ1n) is 8.01. The van der Waals surface area contributed by atoms with Crippen LogP contribution in [0.15, 0.2) is 18.3 Å². The molecule has 1 fully saturated rings. The predicted octanol–water partition coefficient (Wildman–Crippen LogP) is 5.04. The molecule has 0 N–H and O–H groups in total. The van der Waals surface area contributed by atoms with E-state index >= 15 is 0 Å². The molecular formula is C18H26FNO. The van der Waals surface area contributed by atoms with E-state index in [0.29, 0.717) is 23.3 Å². The molecule has 0 amide bonds. The zero-order chi connectivity index (χ0) is 15.5. The Morgan fingerprint density at radius 1 is 1.29 bits per heavy atom. The summed E-state index contributed by atoms with van der Waals surface area (Å²) in [6.45, 7) is 6.96. The van der Waals surface area contributed by atoms with Crippen molar-refractivity contribution in [3.05, 3.63) is 29.8 Å². The number of nitrogens with zero attached hydrogens (tertiary/aromatic N) is 1. The first-order chi connectivity index (χ1) is 9.86. The molecule has 1 aromatic rings. The molecule has 0 bridgehead atoms. The second kappa shape index (κ2) is 6.67. The van der Waals surface area contributed by atoms with Crippen molar-refractivity contribution in [1.29, 1.82) is 0 Å². The van der Waals surface area contributed by atoms with Crippen molar-refractivity contribution in [2.24, 2.45) is 17.3 Å². The van der Waals surface area contributed by atoms with Crippen LogP contribution in [0.4, 0.5) is 4.39 Å². The third kappa shape index (κ3) is 4.62. The van der Waals surface area contributed by atoms with Crippen LogP contribution in [0.2, 0.25) is 0 Å². The average Bonchev–Trinajstić information content (AvgIpc) is 2.44. The molecule has 1 aliphatic carbocycles. The van der Waals surface area contributed by atoms with Gasteiger partial charge in [-0.15, -0.1) is 0 Å². The van der Waals surface area contributed by atoms with Crippen LogP contribution in [0.5, 0.6) is 0 Å². The highest BCUT2D eigenvalue weighted by Crippen LogP contribution is 2.40. The first kappa shape index (κ1) is 16.1. The Morgan fingerprint density at radius 3 is 2.52 bits per heavy atom. The molecule has 1 aromatic heterocycles. The summed E-state index contributed by atoms with van der Waals surface area (Å²) in [7, 11) is 0. The van der Waals surface area contributed by atoms with Gasteiger partial charge in [0.05, 0.1) is 0 Å². The van der Waals surface area contributed by atoms with Crippen molar-refractivity contribution in [2.75, 3.05) is 0 Å². The molecule has 1 aliphatic rings. The van der Waals surface area contributed by atoms with Gasteiger partial charge in [-0.3, -0.25) is 4.79 Å². The van der Waals surface area contributed by atoms with E-state index in [-0.39, 0.29) is 5.78 Å². The van der Waals surface area contributed by atoms with Crippen LogP contribution in [0.1, 0.15) is 69.7 Å². The summed E-state index contributed by atoms with van der Waals surface area (Å²) in [6, 6.07) is 2.83. The second-order valence-electron chi connectivity index (χ2n) is 7.41. The third-order valence-electron chi connectivity index (χ3n) is 4.90. The monoisotopic (exact) mass is 291 g/mol. The Kier molecular flexibility index (Phi) is 5.13. The highest BCUT2D eigenvalue weighted by atomic mass is 19.1. The summed E-state index contributed by atoms with van der Waals surface area (Å²) in [4.78, 5) is 15.6. The number of carbonyl (C=O) groups is 1. The molecule has 0 spiro atoms. The first-order valence-corrected chi connectivity index (χ1v) is 8.01. The van der Waals surface area contributed by atoms with Crippen LogP contribution in [-0.4, -0.2) is 10.8 Å². The van der Waals surface area contributed by atoms with Gasteiger partial charge in [-0.05, 0) is 42.6 Å². The van der Waals surface area contributed by atoms with E-state index in [9.17, 15) is 9.18 Å². The summed E-state index contributed by atoms with van der Waals surface area (Å²) >= 11 is 0. The lowest BCUT2D eigenvalue weighted by Gasteiger charge is -2.37. The number of hydrogen-bond acceptors (Lipinski definition) is 2. The summed E-state index contributed by atoms with van der Waals surface area (Å²) in [6.07, 6.45) is 7.80. The van der Waals surface area contributed by atoms with E-state index in [1.807, 2.05) is 0 Å². The summed E-state index contributed by atoms with van der Waals surface area (Å²) in [5, 5.41) is 0. The molecule has 0 aromatic carbocycles. The smallest absolute Gasteiger partial charge is 0.213 e. The maximum absolute atomic E-state index is 13.0. The zero-order valence-corrected chi connectivity index (χ0v) is 13.4. The predicted molar refractivity (Wildman–Crippen MR) is 82.7 cm³/mol. The highest BCUT2D eigenvalue weighted by Gasteiger charge is 2.29. The Balaban J connectivity index is 1.78. The molecule has 1 saturated carbocycles. The van der Waals surface area contributed by atoms with Crippen LogP contribution in [0.3, 0.4) is 0 Å². The quantitative estimate of drug-likeness (QED) is 0.575. The van der Waals surface area contributed by atoms with Crippen molar-refractivity contribution >= 4 is 5.78 Å². The van der Waals surface area contributed by atoms with Crippen LogP contribution in [-0.2, 0) is 0 Å². The summed E-state index contributed by atoms with van der Waals surface area (Å²) < 4.78 is 13.0. The molecular weight excluding hydrogens is 265 g/mol. The number of carbonyl (C=O) groups excluding carboxylic acids is 1. The van der Waals surface area contributed by atoms with Crippen molar-refractivity contribution in [3.8, 4) is 0 Å². The van der Waals surface area contributed by atoms with E-state index in [2.05, 4.69) is 25.8 Å². The highest BCUT2D eigenvalue weighted by molar-refractivity contribution is 5.95. The number of pyridine rings is 1. The average molecular weight is 291 g/mol. The minimum atomic E-state index is -0.577. The van der Waals surface area contributed by atoms with Gasteiger partial charge < -0.3 is 0 Å². The van der Waals surface area contributed by atoms with Gasteiger partial charge in [0.1, 0.15) is 0 Å². The number of Topliss-reactive ketones (excluding diaryl/α,β-unsaturated/α-hetero) is 1. The van der Waals surface area contributed by atoms with Gasteiger partial charge in [0.25, 0.3) is 0 Å². The Hall–Kier alpha value is -1.25. The van der Waals surface area contributed by atoms with Gasteiger partial charge in [0, 0.05) is 24.2 Å². The molecule has 0 atom stereocenters. The number of rotatable bonds is 4.